The van der Waals surface area contributed by atoms with E-state index in [0.29, 0.717) is 18.8 Å². The molecule has 5 nitrogen and oxygen atoms in total. The Kier molecular flexibility index (Phi) is 6.25. The Bertz CT molecular complexity index is 532. The maximum absolute atomic E-state index is 12.2. The first-order valence-corrected chi connectivity index (χ1v) is 8.24. The highest BCUT2D eigenvalue weighted by Crippen LogP contribution is 2.30. The summed E-state index contributed by atoms with van der Waals surface area (Å²) in [6, 6.07) is 3.26. The molecule has 0 aromatic heterocycles. The summed E-state index contributed by atoms with van der Waals surface area (Å²) in [7, 11) is -2.11. The van der Waals surface area contributed by atoms with Crippen molar-refractivity contribution in [2.75, 3.05) is 26.7 Å². The number of rotatable bonds is 7. The van der Waals surface area contributed by atoms with Crippen molar-refractivity contribution in [1.29, 1.82) is 0 Å². The number of nitrogens with one attached hydrogen (secondary N) is 2. The minimum Gasteiger partial charge on any atom is -0.495 e. The van der Waals surface area contributed by atoms with Gasteiger partial charge in [0.15, 0.2) is 0 Å². The van der Waals surface area contributed by atoms with Crippen LogP contribution in [-0.4, -0.2) is 35.2 Å². The Labute approximate surface area is 122 Å². The minimum atomic E-state index is -3.57. The predicted octanol–water partition coefficient (Wildman–Crippen LogP) is 1.65. The summed E-state index contributed by atoms with van der Waals surface area (Å²) >= 11 is 3.33. The van der Waals surface area contributed by atoms with Gasteiger partial charge in [-0.25, -0.2) is 13.1 Å². The Hall–Kier alpha value is -0.630. The first-order valence-electron chi connectivity index (χ1n) is 5.97. The quantitative estimate of drug-likeness (QED) is 0.733. The third-order valence-electron chi connectivity index (χ3n) is 2.58. The van der Waals surface area contributed by atoms with Crippen molar-refractivity contribution < 1.29 is 13.2 Å². The van der Waals surface area contributed by atoms with Gasteiger partial charge in [0.1, 0.15) is 10.6 Å². The van der Waals surface area contributed by atoms with Crippen molar-refractivity contribution >= 4 is 26.0 Å². The van der Waals surface area contributed by atoms with E-state index < -0.39 is 10.0 Å². The average molecular weight is 351 g/mol. The summed E-state index contributed by atoms with van der Waals surface area (Å²) in [5.41, 5.74) is 0.920. The molecule has 7 heteroatoms. The summed E-state index contributed by atoms with van der Waals surface area (Å²) in [5, 5.41) is 3.05. The van der Waals surface area contributed by atoms with E-state index in [2.05, 4.69) is 26.0 Å². The van der Waals surface area contributed by atoms with Crippen LogP contribution in [0, 0.1) is 6.92 Å². The number of halogens is 1. The van der Waals surface area contributed by atoms with E-state index >= 15 is 0 Å². The number of benzene rings is 1. The summed E-state index contributed by atoms with van der Waals surface area (Å²) in [6.45, 7) is 5.58. The maximum atomic E-state index is 12.2. The van der Waals surface area contributed by atoms with Crippen molar-refractivity contribution in [3.05, 3.63) is 22.2 Å². The summed E-state index contributed by atoms with van der Waals surface area (Å²) in [5.74, 6) is 0.344. The second-order valence-electron chi connectivity index (χ2n) is 4.00. The number of hydrogen-bond donors (Lipinski definition) is 2. The molecule has 1 aromatic carbocycles. The number of likely N-dealkylation sites (N-methyl/N-ethyl adjacent to an activating group) is 1. The average Bonchev–Trinajstić information content (AvgIpc) is 2.37. The fraction of sp³-hybridized carbons (Fsp3) is 0.500. The Balaban J connectivity index is 2.97. The Morgan fingerprint density at radius 2 is 2.00 bits per heavy atom. The molecule has 0 spiro atoms. The van der Waals surface area contributed by atoms with Gasteiger partial charge < -0.3 is 10.1 Å². The zero-order valence-electron chi connectivity index (χ0n) is 11.3. The van der Waals surface area contributed by atoms with Crippen LogP contribution < -0.4 is 14.8 Å². The van der Waals surface area contributed by atoms with E-state index in [4.69, 9.17) is 4.74 Å². The maximum Gasteiger partial charge on any atom is 0.244 e. The van der Waals surface area contributed by atoms with Crippen LogP contribution in [0.5, 0.6) is 5.75 Å². The molecule has 0 saturated carbocycles. The molecule has 2 N–H and O–H groups in total. The molecule has 1 aromatic rings. The van der Waals surface area contributed by atoms with E-state index in [9.17, 15) is 8.42 Å². The lowest BCUT2D eigenvalue weighted by Crippen LogP contribution is -2.32. The molecule has 19 heavy (non-hydrogen) atoms. The molecule has 108 valence electrons. The SMILES string of the molecule is CCNCCNS(=O)(=O)c1cc(Br)c(C)cc1OC. The van der Waals surface area contributed by atoms with E-state index in [1.807, 2.05) is 13.8 Å². The van der Waals surface area contributed by atoms with Gasteiger partial charge in [-0.1, -0.05) is 22.9 Å². The van der Waals surface area contributed by atoms with Gasteiger partial charge in [0.2, 0.25) is 10.0 Å². The number of ether oxygens (including phenoxy) is 1. The number of hydrogen-bond acceptors (Lipinski definition) is 4. The molecule has 0 radical (unpaired) electrons. The molecule has 0 saturated heterocycles. The fourth-order valence-corrected chi connectivity index (χ4v) is 3.24. The molecular formula is C12H19BrN2O3S. The van der Waals surface area contributed by atoms with Crippen LogP contribution in [0.4, 0.5) is 0 Å². The van der Waals surface area contributed by atoms with Crippen LogP contribution in [-0.2, 0) is 10.0 Å². The zero-order chi connectivity index (χ0) is 14.5. The molecule has 0 aliphatic rings. The van der Waals surface area contributed by atoms with E-state index in [0.717, 1.165) is 16.6 Å². The van der Waals surface area contributed by atoms with Crippen molar-refractivity contribution in [2.45, 2.75) is 18.7 Å². The number of aryl methyl sites for hydroxylation is 1. The standard InChI is InChI=1S/C12H19BrN2O3S/c1-4-14-5-6-15-19(16,17)12-8-10(13)9(2)7-11(12)18-3/h7-8,14-15H,4-6H2,1-3H3. The Morgan fingerprint density at radius 1 is 1.32 bits per heavy atom. The van der Waals surface area contributed by atoms with Crippen LogP contribution in [0.2, 0.25) is 0 Å². The zero-order valence-corrected chi connectivity index (χ0v) is 13.7. The second-order valence-corrected chi connectivity index (χ2v) is 6.59. The lowest BCUT2D eigenvalue weighted by atomic mass is 10.2. The number of methoxy groups -OCH3 is 1. The molecule has 0 amide bonds. The molecule has 0 unspecified atom stereocenters. The largest absolute Gasteiger partial charge is 0.495 e. The van der Waals surface area contributed by atoms with Crippen LogP contribution in [0.15, 0.2) is 21.5 Å². The summed E-state index contributed by atoms with van der Waals surface area (Å²) in [6.07, 6.45) is 0. The van der Waals surface area contributed by atoms with Gasteiger partial charge in [-0.3, -0.25) is 0 Å². The van der Waals surface area contributed by atoms with Gasteiger partial charge in [-0.2, -0.15) is 0 Å². The van der Waals surface area contributed by atoms with Crippen molar-refractivity contribution in [3.8, 4) is 5.75 Å². The molecule has 0 bridgehead atoms. The smallest absolute Gasteiger partial charge is 0.244 e. The van der Waals surface area contributed by atoms with Gasteiger partial charge >= 0.3 is 0 Å². The highest BCUT2D eigenvalue weighted by molar-refractivity contribution is 9.10. The van der Waals surface area contributed by atoms with Gasteiger partial charge in [0.05, 0.1) is 7.11 Å². The van der Waals surface area contributed by atoms with Gasteiger partial charge in [-0.15, -0.1) is 0 Å². The first kappa shape index (κ1) is 16.4. The number of sulfonamides is 1. The molecule has 1 rings (SSSR count). The molecular weight excluding hydrogens is 332 g/mol. The van der Waals surface area contributed by atoms with E-state index in [1.54, 1.807) is 12.1 Å². The first-order chi connectivity index (χ1) is 8.92. The molecule has 0 heterocycles. The van der Waals surface area contributed by atoms with E-state index in [1.165, 1.54) is 7.11 Å². The van der Waals surface area contributed by atoms with Gasteiger partial charge in [0.25, 0.3) is 0 Å². The van der Waals surface area contributed by atoms with Crippen LogP contribution in [0.1, 0.15) is 12.5 Å². The Morgan fingerprint density at radius 3 is 2.58 bits per heavy atom. The lowest BCUT2D eigenvalue weighted by Gasteiger charge is -2.12. The summed E-state index contributed by atoms with van der Waals surface area (Å²) in [4.78, 5) is 0.143. The lowest BCUT2D eigenvalue weighted by molar-refractivity contribution is 0.402. The molecule has 0 aliphatic carbocycles. The highest BCUT2D eigenvalue weighted by Gasteiger charge is 2.20. The molecule has 0 fully saturated rings. The topological polar surface area (TPSA) is 67.4 Å². The van der Waals surface area contributed by atoms with Crippen LogP contribution in [0.3, 0.4) is 0 Å². The van der Waals surface area contributed by atoms with Crippen molar-refractivity contribution in [2.24, 2.45) is 0 Å². The third-order valence-corrected chi connectivity index (χ3v) is 4.91. The minimum absolute atomic E-state index is 0.143. The van der Waals surface area contributed by atoms with Gasteiger partial charge in [-0.05, 0) is 31.2 Å². The molecule has 0 atom stereocenters. The predicted molar refractivity (Wildman–Crippen MR) is 79.2 cm³/mol. The third kappa shape index (κ3) is 4.45. The molecule has 0 aliphatic heterocycles. The monoisotopic (exact) mass is 350 g/mol. The normalized spacial score (nSPS) is 11.6. The van der Waals surface area contributed by atoms with Crippen LogP contribution in [0.25, 0.3) is 0 Å². The van der Waals surface area contributed by atoms with Crippen LogP contribution >= 0.6 is 15.9 Å². The van der Waals surface area contributed by atoms with E-state index in [-0.39, 0.29) is 4.90 Å². The second kappa shape index (κ2) is 7.23. The van der Waals surface area contributed by atoms with Gasteiger partial charge in [0, 0.05) is 17.6 Å². The highest BCUT2D eigenvalue weighted by atomic mass is 79.9. The van der Waals surface area contributed by atoms with Crippen molar-refractivity contribution in [1.82, 2.24) is 10.0 Å². The summed E-state index contributed by atoms with van der Waals surface area (Å²) < 4.78 is 32.8. The fourth-order valence-electron chi connectivity index (χ4n) is 1.53. The van der Waals surface area contributed by atoms with Crippen molar-refractivity contribution in [3.63, 3.8) is 0 Å².